The molecule has 1 heterocycles. The number of halogens is 3. The van der Waals surface area contributed by atoms with Gasteiger partial charge >= 0.3 is 12.3 Å². The maximum Gasteiger partial charge on any atom is 0.435 e. The zero-order chi connectivity index (χ0) is 29.5. The van der Waals surface area contributed by atoms with E-state index in [9.17, 15) is 22.8 Å². The van der Waals surface area contributed by atoms with Crippen LogP contribution in [0.5, 0.6) is 5.75 Å². The Hall–Kier alpha value is -4.06. The van der Waals surface area contributed by atoms with Gasteiger partial charge < -0.3 is 25.0 Å². The number of amides is 2. The molecule has 9 nitrogen and oxygen atoms in total. The van der Waals surface area contributed by atoms with Crippen LogP contribution < -0.4 is 15.4 Å². The summed E-state index contributed by atoms with van der Waals surface area (Å²) in [6.07, 6.45) is -5.25. The van der Waals surface area contributed by atoms with Crippen LogP contribution in [-0.4, -0.2) is 59.5 Å². The van der Waals surface area contributed by atoms with Crippen LogP contribution in [0.3, 0.4) is 0 Å². The van der Waals surface area contributed by atoms with Crippen molar-refractivity contribution in [3.8, 4) is 11.4 Å². The van der Waals surface area contributed by atoms with Crippen LogP contribution in [-0.2, 0) is 24.0 Å². The van der Waals surface area contributed by atoms with Crippen molar-refractivity contribution in [3.63, 3.8) is 0 Å². The van der Waals surface area contributed by atoms with Crippen molar-refractivity contribution in [2.45, 2.75) is 45.6 Å². The van der Waals surface area contributed by atoms with Crippen molar-refractivity contribution in [1.29, 1.82) is 0 Å². The molecule has 2 N–H and O–H groups in total. The van der Waals surface area contributed by atoms with E-state index < -0.39 is 29.5 Å². The van der Waals surface area contributed by atoms with Gasteiger partial charge in [-0.2, -0.15) is 18.3 Å². The Labute approximate surface area is 231 Å². The van der Waals surface area contributed by atoms with Crippen LogP contribution in [0.2, 0.25) is 0 Å². The Morgan fingerprint density at radius 2 is 1.75 bits per heavy atom. The monoisotopic (exact) mass is 561 g/mol. The highest BCUT2D eigenvalue weighted by atomic mass is 19.4. The molecule has 3 aromatic rings. The van der Waals surface area contributed by atoms with Gasteiger partial charge in [0.25, 0.3) is 5.91 Å². The molecule has 0 unspecified atom stereocenters. The Morgan fingerprint density at radius 3 is 2.42 bits per heavy atom. The van der Waals surface area contributed by atoms with E-state index in [0.29, 0.717) is 36.6 Å². The molecule has 0 saturated carbocycles. The summed E-state index contributed by atoms with van der Waals surface area (Å²) >= 11 is 0. The summed E-state index contributed by atoms with van der Waals surface area (Å²) in [6.45, 7) is 6.66. The number of nitrogens with zero attached hydrogens (tertiary/aromatic N) is 3. The molecular formula is C28H34F3N5O4. The molecule has 0 aliphatic rings. The molecule has 0 atom stereocenters. The topological polar surface area (TPSA) is 97.7 Å². The fourth-order valence-corrected chi connectivity index (χ4v) is 3.83. The molecule has 2 amide bonds. The number of likely N-dealkylation sites (N-methyl/N-ethyl adjacent to an activating group) is 1. The van der Waals surface area contributed by atoms with E-state index in [1.165, 1.54) is 7.11 Å². The Balaban J connectivity index is 1.74. The number of benzene rings is 2. The normalized spacial score (nSPS) is 11.8. The number of carbonyl (C=O) groups excluding carboxylic acids is 2. The molecule has 216 valence electrons. The average molecular weight is 562 g/mol. The third kappa shape index (κ3) is 8.73. The minimum absolute atomic E-state index is 0.0531. The number of alkyl carbamates (subject to hydrolysis) is 1. The number of nitrogens with one attached hydrogen (secondary N) is 2. The first-order chi connectivity index (χ1) is 18.8. The van der Waals surface area contributed by atoms with Crippen molar-refractivity contribution >= 4 is 12.0 Å². The van der Waals surface area contributed by atoms with E-state index >= 15 is 0 Å². The minimum atomic E-state index is -4.73. The van der Waals surface area contributed by atoms with Crippen LogP contribution in [0.1, 0.15) is 48.1 Å². The molecule has 12 heteroatoms. The quantitative estimate of drug-likeness (QED) is 0.370. The lowest BCUT2D eigenvalue weighted by atomic mass is 10.2. The third-order valence-electron chi connectivity index (χ3n) is 5.63. The van der Waals surface area contributed by atoms with Crippen molar-refractivity contribution in [2.24, 2.45) is 0 Å². The highest BCUT2D eigenvalue weighted by Gasteiger charge is 2.36. The molecule has 0 aliphatic carbocycles. The maximum atomic E-state index is 13.6. The first-order valence-corrected chi connectivity index (χ1v) is 12.6. The predicted molar refractivity (Wildman–Crippen MR) is 143 cm³/mol. The van der Waals surface area contributed by atoms with E-state index in [-0.39, 0.29) is 12.2 Å². The Bertz CT molecular complexity index is 1320. The number of hydrogen-bond donors (Lipinski definition) is 2. The number of methoxy groups -OCH3 is 1. The highest BCUT2D eigenvalue weighted by molar-refractivity contribution is 5.93. The van der Waals surface area contributed by atoms with E-state index in [1.807, 2.05) is 18.0 Å². The lowest BCUT2D eigenvalue weighted by Crippen LogP contribution is -2.36. The summed E-state index contributed by atoms with van der Waals surface area (Å²) in [4.78, 5) is 26.8. The molecule has 1 aromatic heterocycles. The molecule has 40 heavy (non-hydrogen) atoms. The predicted octanol–water partition coefficient (Wildman–Crippen LogP) is 4.79. The first kappa shape index (κ1) is 30.5. The Morgan fingerprint density at radius 1 is 1.02 bits per heavy atom. The van der Waals surface area contributed by atoms with E-state index in [2.05, 4.69) is 15.7 Å². The van der Waals surface area contributed by atoms with Gasteiger partial charge in [0.1, 0.15) is 17.0 Å². The molecule has 0 fully saturated rings. The van der Waals surface area contributed by atoms with Gasteiger partial charge in [-0.05, 0) is 51.6 Å². The van der Waals surface area contributed by atoms with Gasteiger partial charge in [-0.1, -0.05) is 30.3 Å². The van der Waals surface area contributed by atoms with Crippen LogP contribution in [0, 0.1) is 0 Å². The van der Waals surface area contributed by atoms with E-state index in [0.717, 1.165) is 16.3 Å². The summed E-state index contributed by atoms with van der Waals surface area (Å²) in [6, 6.07) is 14.5. The van der Waals surface area contributed by atoms with Gasteiger partial charge in [0, 0.05) is 37.8 Å². The highest BCUT2D eigenvalue weighted by Crippen LogP contribution is 2.30. The molecule has 0 bridgehead atoms. The van der Waals surface area contributed by atoms with Gasteiger partial charge in [0.15, 0.2) is 5.69 Å². The molecule has 0 spiro atoms. The van der Waals surface area contributed by atoms with Crippen LogP contribution in [0.15, 0.2) is 54.6 Å². The minimum Gasteiger partial charge on any atom is -0.496 e. The summed E-state index contributed by atoms with van der Waals surface area (Å²) < 4.78 is 52.2. The molecule has 0 saturated heterocycles. The second-order valence-corrected chi connectivity index (χ2v) is 10.2. The van der Waals surface area contributed by atoms with Crippen molar-refractivity contribution in [1.82, 2.24) is 25.3 Å². The van der Waals surface area contributed by atoms with E-state index in [4.69, 9.17) is 9.47 Å². The molecule has 0 aliphatic heterocycles. The fraction of sp³-hybridized carbons (Fsp3) is 0.393. The smallest absolute Gasteiger partial charge is 0.435 e. The lowest BCUT2D eigenvalue weighted by Gasteiger charge is -2.21. The van der Waals surface area contributed by atoms with E-state index in [1.54, 1.807) is 63.2 Å². The number of carbonyl (C=O) groups is 2. The van der Waals surface area contributed by atoms with Gasteiger partial charge in [0.05, 0.1) is 12.8 Å². The summed E-state index contributed by atoms with van der Waals surface area (Å²) in [7, 11) is 3.34. The number of hydrogen-bond acceptors (Lipinski definition) is 6. The zero-order valence-corrected chi connectivity index (χ0v) is 23.1. The summed E-state index contributed by atoms with van der Waals surface area (Å²) in [5.41, 5.74) is -0.275. The zero-order valence-electron chi connectivity index (χ0n) is 23.1. The van der Waals surface area contributed by atoms with Gasteiger partial charge in [-0.25, -0.2) is 9.48 Å². The molecule has 0 radical (unpaired) electrons. The maximum absolute atomic E-state index is 13.6. The van der Waals surface area contributed by atoms with Crippen molar-refractivity contribution in [2.75, 3.05) is 27.2 Å². The first-order valence-electron chi connectivity index (χ1n) is 12.6. The largest absolute Gasteiger partial charge is 0.496 e. The van der Waals surface area contributed by atoms with Crippen LogP contribution in [0.4, 0.5) is 18.0 Å². The molecule has 3 rings (SSSR count). The number of rotatable bonds is 10. The number of aromatic nitrogens is 2. The SMILES string of the molecule is COc1ccccc1CNC(=O)c1cc(C(F)(F)F)nn1-c1cccc(CN(C)CCNC(=O)OC(C)(C)C)c1. The van der Waals surface area contributed by atoms with Gasteiger partial charge in [-0.15, -0.1) is 0 Å². The Kier molecular flexibility index (Phi) is 9.80. The van der Waals surface area contributed by atoms with Gasteiger partial charge in [-0.3, -0.25) is 4.79 Å². The van der Waals surface area contributed by atoms with Gasteiger partial charge in [0.2, 0.25) is 0 Å². The van der Waals surface area contributed by atoms with Crippen LogP contribution >= 0.6 is 0 Å². The molecule has 2 aromatic carbocycles. The van der Waals surface area contributed by atoms with Crippen molar-refractivity contribution < 1.29 is 32.2 Å². The summed E-state index contributed by atoms with van der Waals surface area (Å²) in [5.74, 6) is -0.171. The van der Waals surface area contributed by atoms with Crippen LogP contribution in [0.25, 0.3) is 5.69 Å². The third-order valence-corrected chi connectivity index (χ3v) is 5.63. The number of alkyl halides is 3. The second kappa shape index (κ2) is 12.9. The molecular weight excluding hydrogens is 527 g/mol. The number of para-hydroxylation sites is 1. The van der Waals surface area contributed by atoms with Crippen molar-refractivity contribution in [3.05, 3.63) is 77.1 Å². The standard InChI is InChI=1S/C28H34F3N5O4/c1-27(2,3)40-26(38)32-13-14-35(4)18-19-9-8-11-21(15-19)36-22(16-24(34-36)28(29,30)31)25(37)33-17-20-10-6-7-12-23(20)39-5/h6-12,15-16H,13-14,17-18H2,1-5H3,(H,32,38)(H,33,37). The summed E-state index contributed by atoms with van der Waals surface area (Å²) in [5, 5.41) is 9.05. The fourth-order valence-electron chi connectivity index (χ4n) is 3.83. The average Bonchev–Trinajstić information content (AvgIpc) is 3.33. The number of ether oxygens (including phenoxy) is 2. The second-order valence-electron chi connectivity index (χ2n) is 10.2. The lowest BCUT2D eigenvalue weighted by molar-refractivity contribution is -0.141.